The van der Waals surface area contributed by atoms with Crippen molar-refractivity contribution in [2.75, 3.05) is 4.90 Å². The number of aromatic amines is 1. The Balaban J connectivity index is 1.67. The van der Waals surface area contributed by atoms with Gasteiger partial charge in [-0.1, -0.05) is 18.2 Å². The predicted molar refractivity (Wildman–Crippen MR) is 111 cm³/mol. The average Bonchev–Trinajstić information content (AvgIpc) is 3.18. The van der Waals surface area contributed by atoms with Gasteiger partial charge in [-0.15, -0.1) is 0 Å². The van der Waals surface area contributed by atoms with Crippen LogP contribution in [0.4, 0.5) is 10.5 Å². The Bertz CT molecular complexity index is 1200. The highest BCUT2D eigenvalue weighted by Gasteiger charge is 2.38. The van der Waals surface area contributed by atoms with Crippen molar-refractivity contribution in [3.05, 3.63) is 82.7 Å². The van der Waals surface area contributed by atoms with E-state index in [4.69, 9.17) is 9.84 Å². The number of carbonyl (C=O) groups excluding carboxylic acids is 2. The number of anilines is 1. The van der Waals surface area contributed by atoms with Crippen LogP contribution in [0, 0.1) is 13.8 Å². The van der Waals surface area contributed by atoms with Gasteiger partial charge in [-0.05, 0) is 61.9 Å². The number of rotatable bonds is 3. The largest absolute Gasteiger partial charge is 0.478 e. The van der Waals surface area contributed by atoms with Crippen molar-refractivity contribution in [2.24, 2.45) is 0 Å². The van der Waals surface area contributed by atoms with Gasteiger partial charge in [0.05, 0.1) is 16.8 Å². The molecule has 3 aromatic rings. The molecule has 1 aliphatic heterocycles. The third-order valence-corrected chi connectivity index (χ3v) is 4.84. The summed E-state index contributed by atoms with van der Waals surface area (Å²) >= 11 is 0. The van der Waals surface area contributed by atoms with Crippen molar-refractivity contribution in [1.29, 1.82) is 0 Å². The average molecular weight is 402 g/mol. The van der Waals surface area contributed by atoms with Crippen LogP contribution in [0.3, 0.4) is 0 Å². The van der Waals surface area contributed by atoms with Crippen molar-refractivity contribution in [3.8, 4) is 5.75 Å². The summed E-state index contributed by atoms with van der Waals surface area (Å²) in [5.41, 5.74) is 4.27. The number of amides is 2. The maximum Gasteiger partial charge on any atom is 0.426 e. The summed E-state index contributed by atoms with van der Waals surface area (Å²) < 4.78 is 5.32. The van der Waals surface area contributed by atoms with Gasteiger partial charge in [0, 0.05) is 17.0 Å². The second-order valence-electron chi connectivity index (χ2n) is 6.96. The summed E-state index contributed by atoms with van der Waals surface area (Å²) in [6.07, 6.45) is 0.872. The number of aromatic carboxylic acids is 1. The monoisotopic (exact) mass is 402 g/mol. The number of imide groups is 1. The van der Waals surface area contributed by atoms with Gasteiger partial charge < -0.3 is 14.8 Å². The van der Waals surface area contributed by atoms with E-state index in [9.17, 15) is 14.4 Å². The second-order valence-corrected chi connectivity index (χ2v) is 6.96. The molecule has 2 heterocycles. The third kappa shape index (κ3) is 3.37. The summed E-state index contributed by atoms with van der Waals surface area (Å²) in [6.45, 7) is 3.87. The van der Waals surface area contributed by atoms with Gasteiger partial charge in [-0.3, -0.25) is 4.79 Å². The molecule has 0 bridgehead atoms. The first-order chi connectivity index (χ1) is 14.3. The van der Waals surface area contributed by atoms with E-state index in [1.165, 1.54) is 24.3 Å². The molecule has 30 heavy (non-hydrogen) atoms. The van der Waals surface area contributed by atoms with Crippen LogP contribution < -0.4 is 9.64 Å². The minimum absolute atomic E-state index is 0.0687. The molecule has 150 valence electrons. The van der Waals surface area contributed by atoms with Crippen LogP contribution in [0.15, 0.2) is 54.6 Å². The molecule has 0 aliphatic carbocycles. The minimum atomic E-state index is -1.08. The number of carbonyl (C=O) groups is 3. The number of ether oxygens (including phenoxy) is 1. The minimum Gasteiger partial charge on any atom is -0.478 e. The van der Waals surface area contributed by atoms with E-state index in [2.05, 4.69) is 4.98 Å². The van der Waals surface area contributed by atoms with Crippen LogP contribution in [0.5, 0.6) is 5.75 Å². The normalized spacial score (nSPS) is 14.1. The van der Waals surface area contributed by atoms with Gasteiger partial charge in [-0.2, -0.15) is 0 Å². The number of aryl methyl sites for hydroxylation is 2. The van der Waals surface area contributed by atoms with Gasteiger partial charge in [0.25, 0.3) is 5.91 Å². The number of carboxylic acid groups (broad SMARTS) is 1. The highest BCUT2D eigenvalue weighted by atomic mass is 16.6. The smallest absolute Gasteiger partial charge is 0.426 e. The molecule has 2 aromatic carbocycles. The standard InChI is InChI=1S/C23H18N2O5/c1-13-11-14(2)24-19(13)12-18-17-5-3-4-6-20(17)25(21(18)26)23(29)30-16-9-7-15(8-10-16)22(27)28/h3-12,24H,1-2H3,(H,27,28)/b18-12-. The lowest BCUT2D eigenvalue weighted by Crippen LogP contribution is -2.35. The molecule has 1 aliphatic rings. The topological polar surface area (TPSA) is 99.7 Å². The number of fused-ring (bicyclic) bond motifs is 1. The van der Waals surface area contributed by atoms with E-state index in [0.29, 0.717) is 16.8 Å². The van der Waals surface area contributed by atoms with Gasteiger partial charge in [-0.25, -0.2) is 14.5 Å². The highest BCUT2D eigenvalue weighted by Crippen LogP contribution is 2.38. The van der Waals surface area contributed by atoms with E-state index < -0.39 is 18.0 Å². The third-order valence-electron chi connectivity index (χ3n) is 4.84. The zero-order valence-electron chi connectivity index (χ0n) is 16.3. The predicted octanol–water partition coefficient (Wildman–Crippen LogP) is 4.42. The number of H-pyrrole nitrogens is 1. The quantitative estimate of drug-likeness (QED) is 0.632. The fourth-order valence-electron chi connectivity index (χ4n) is 3.42. The number of nitrogens with zero attached hydrogens (tertiary/aromatic N) is 1. The molecule has 7 nitrogen and oxygen atoms in total. The van der Waals surface area contributed by atoms with Gasteiger partial charge >= 0.3 is 12.1 Å². The highest BCUT2D eigenvalue weighted by molar-refractivity contribution is 6.41. The Labute approximate surface area is 172 Å². The molecule has 0 fully saturated rings. The molecule has 0 unspecified atom stereocenters. The zero-order chi connectivity index (χ0) is 21.4. The van der Waals surface area contributed by atoms with Crippen molar-refractivity contribution in [1.82, 2.24) is 4.98 Å². The molecule has 0 spiro atoms. The molecule has 2 amide bonds. The van der Waals surface area contributed by atoms with Crippen LogP contribution in [-0.4, -0.2) is 28.1 Å². The van der Waals surface area contributed by atoms with Crippen LogP contribution in [0.2, 0.25) is 0 Å². The molecular weight excluding hydrogens is 384 g/mol. The summed E-state index contributed by atoms with van der Waals surface area (Å²) in [5.74, 6) is -1.43. The SMILES string of the molecule is Cc1cc(C)c(/C=C2\C(=O)N(C(=O)Oc3ccc(C(=O)O)cc3)c3ccccc32)[nH]1. The van der Waals surface area contributed by atoms with Crippen LogP contribution in [0.25, 0.3) is 11.6 Å². The molecule has 1 aromatic heterocycles. The maximum absolute atomic E-state index is 13.1. The number of nitrogens with one attached hydrogen (secondary N) is 1. The van der Waals surface area contributed by atoms with E-state index in [-0.39, 0.29) is 11.3 Å². The Morgan fingerprint density at radius 1 is 1.07 bits per heavy atom. The lowest BCUT2D eigenvalue weighted by Gasteiger charge is -2.14. The molecule has 0 saturated heterocycles. The number of para-hydroxylation sites is 1. The Hall–Kier alpha value is -4.13. The first-order valence-electron chi connectivity index (χ1n) is 9.22. The van der Waals surface area contributed by atoms with Crippen molar-refractivity contribution in [2.45, 2.75) is 13.8 Å². The second kappa shape index (κ2) is 7.36. The number of hydrogen-bond donors (Lipinski definition) is 2. The van der Waals surface area contributed by atoms with Gasteiger partial charge in [0.15, 0.2) is 0 Å². The first kappa shape index (κ1) is 19.2. The summed E-state index contributed by atoms with van der Waals surface area (Å²) in [6, 6.07) is 14.4. The first-order valence-corrected chi connectivity index (χ1v) is 9.22. The summed E-state index contributed by atoms with van der Waals surface area (Å²) in [4.78, 5) is 41.1. The lowest BCUT2D eigenvalue weighted by atomic mass is 10.1. The molecule has 4 rings (SSSR count). The zero-order valence-corrected chi connectivity index (χ0v) is 16.3. The van der Waals surface area contributed by atoms with E-state index in [1.807, 2.05) is 19.9 Å². The molecule has 2 N–H and O–H groups in total. The van der Waals surface area contributed by atoms with E-state index in [1.54, 1.807) is 30.3 Å². The summed E-state index contributed by atoms with van der Waals surface area (Å²) in [7, 11) is 0. The fourth-order valence-corrected chi connectivity index (χ4v) is 3.42. The van der Waals surface area contributed by atoms with E-state index >= 15 is 0 Å². The Morgan fingerprint density at radius 2 is 1.77 bits per heavy atom. The van der Waals surface area contributed by atoms with E-state index in [0.717, 1.165) is 21.9 Å². The van der Waals surface area contributed by atoms with Crippen molar-refractivity contribution < 1.29 is 24.2 Å². The number of carboxylic acids is 1. The Morgan fingerprint density at radius 3 is 2.40 bits per heavy atom. The number of aromatic nitrogens is 1. The van der Waals surface area contributed by atoms with Crippen LogP contribution >= 0.6 is 0 Å². The van der Waals surface area contributed by atoms with Gasteiger partial charge in [0.2, 0.25) is 0 Å². The molecular formula is C23H18N2O5. The summed E-state index contributed by atoms with van der Waals surface area (Å²) in [5, 5.41) is 8.98. The maximum atomic E-state index is 13.1. The lowest BCUT2D eigenvalue weighted by molar-refractivity contribution is -0.112. The van der Waals surface area contributed by atoms with Gasteiger partial charge in [0.1, 0.15) is 5.75 Å². The number of hydrogen-bond acceptors (Lipinski definition) is 4. The molecule has 0 saturated carbocycles. The fraction of sp³-hybridized carbons (Fsp3) is 0.0870. The number of benzene rings is 2. The Kier molecular flexibility index (Phi) is 4.71. The molecule has 7 heteroatoms. The molecule has 0 radical (unpaired) electrons. The van der Waals surface area contributed by atoms with Crippen LogP contribution in [0.1, 0.15) is 32.9 Å². The van der Waals surface area contributed by atoms with Crippen LogP contribution in [-0.2, 0) is 4.79 Å². The van der Waals surface area contributed by atoms with Crippen molar-refractivity contribution >= 4 is 35.3 Å². The van der Waals surface area contributed by atoms with Crippen molar-refractivity contribution in [3.63, 3.8) is 0 Å². The molecule has 0 atom stereocenters.